The summed E-state index contributed by atoms with van der Waals surface area (Å²) in [7, 11) is 0. The molecule has 1 saturated heterocycles. The highest BCUT2D eigenvalue weighted by atomic mass is 32.1. The summed E-state index contributed by atoms with van der Waals surface area (Å²) in [5.74, 6) is 1.22. The lowest BCUT2D eigenvalue weighted by Crippen LogP contribution is -2.33. The second-order valence-electron chi connectivity index (χ2n) is 4.52. The Morgan fingerprint density at radius 2 is 2.06 bits per heavy atom. The van der Waals surface area contributed by atoms with E-state index < -0.39 is 0 Å². The summed E-state index contributed by atoms with van der Waals surface area (Å²) in [6.45, 7) is 2.19. The Labute approximate surface area is 106 Å². The fourth-order valence-electron chi connectivity index (χ4n) is 2.66. The summed E-state index contributed by atoms with van der Waals surface area (Å²) < 4.78 is 0. The zero-order chi connectivity index (χ0) is 11.5. The first kappa shape index (κ1) is 10.9. The van der Waals surface area contributed by atoms with Gasteiger partial charge in [0, 0.05) is 29.5 Å². The Bertz CT molecular complexity index is 452. The minimum atomic E-state index is 0.588. The van der Waals surface area contributed by atoms with Crippen LogP contribution >= 0.6 is 11.3 Å². The van der Waals surface area contributed by atoms with Gasteiger partial charge in [-0.2, -0.15) is 0 Å². The SMILES string of the molecule is c1ccc(C2CNCCC2c2cncs2)cc1. The number of benzene rings is 1. The van der Waals surface area contributed by atoms with Crippen LogP contribution in [0.15, 0.2) is 42.0 Å². The Hall–Kier alpha value is -1.19. The van der Waals surface area contributed by atoms with Gasteiger partial charge in [-0.1, -0.05) is 30.3 Å². The molecule has 3 rings (SSSR count). The van der Waals surface area contributed by atoms with E-state index in [1.165, 1.54) is 16.9 Å². The van der Waals surface area contributed by atoms with Crippen LogP contribution in [0.4, 0.5) is 0 Å². The molecule has 0 spiro atoms. The molecular weight excluding hydrogens is 228 g/mol. The minimum Gasteiger partial charge on any atom is -0.316 e. The van der Waals surface area contributed by atoms with Gasteiger partial charge in [-0.3, -0.25) is 4.98 Å². The summed E-state index contributed by atoms with van der Waals surface area (Å²) in [5.41, 5.74) is 3.39. The molecule has 2 atom stereocenters. The second-order valence-corrected chi connectivity index (χ2v) is 5.44. The Morgan fingerprint density at radius 1 is 1.18 bits per heavy atom. The van der Waals surface area contributed by atoms with Gasteiger partial charge in [-0.15, -0.1) is 11.3 Å². The highest BCUT2D eigenvalue weighted by molar-refractivity contribution is 7.09. The molecule has 1 aliphatic heterocycles. The van der Waals surface area contributed by atoms with Crippen molar-refractivity contribution < 1.29 is 0 Å². The number of hydrogen-bond acceptors (Lipinski definition) is 3. The molecule has 0 radical (unpaired) electrons. The third-order valence-corrected chi connectivity index (χ3v) is 4.43. The van der Waals surface area contributed by atoms with E-state index in [0.29, 0.717) is 11.8 Å². The number of nitrogens with one attached hydrogen (secondary N) is 1. The second kappa shape index (κ2) is 4.98. The molecule has 1 aliphatic rings. The van der Waals surface area contributed by atoms with Crippen molar-refractivity contribution in [3.8, 4) is 0 Å². The van der Waals surface area contributed by atoms with E-state index in [4.69, 9.17) is 0 Å². The van der Waals surface area contributed by atoms with Crippen molar-refractivity contribution in [1.82, 2.24) is 10.3 Å². The molecule has 1 aromatic heterocycles. The molecule has 0 amide bonds. The highest BCUT2D eigenvalue weighted by Gasteiger charge is 2.28. The molecule has 2 aromatic rings. The molecule has 1 N–H and O–H groups in total. The molecule has 0 saturated carbocycles. The van der Waals surface area contributed by atoms with Gasteiger partial charge in [0.2, 0.25) is 0 Å². The van der Waals surface area contributed by atoms with E-state index in [2.05, 4.69) is 40.6 Å². The molecule has 2 unspecified atom stereocenters. The lowest BCUT2D eigenvalue weighted by Gasteiger charge is -2.31. The fraction of sp³-hybridized carbons (Fsp3) is 0.357. The van der Waals surface area contributed by atoms with Crippen LogP contribution in [0.3, 0.4) is 0 Å². The number of nitrogens with zero attached hydrogens (tertiary/aromatic N) is 1. The van der Waals surface area contributed by atoms with Crippen LogP contribution in [0.5, 0.6) is 0 Å². The fourth-order valence-corrected chi connectivity index (χ4v) is 3.48. The maximum Gasteiger partial charge on any atom is 0.0794 e. The van der Waals surface area contributed by atoms with E-state index in [0.717, 1.165) is 13.1 Å². The Balaban J connectivity index is 1.91. The molecule has 17 heavy (non-hydrogen) atoms. The third-order valence-electron chi connectivity index (χ3n) is 3.53. The molecule has 2 heterocycles. The predicted octanol–water partition coefficient (Wildman–Crippen LogP) is 3.00. The van der Waals surface area contributed by atoms with E-state index in [-0.39, 0.29) is 0 Å². The minimum absolute atomic E-state index is 0.588. The molecule has 0 bridgehead atoms. The van der Waals surface area contributed by atoms with Crippen LogP contribution in [0, 0.1) is 0 Å². The summed E-state index contributed by atoms with van der Waals surface area (Å²) in [5, 5.41) is 3.51. The summed E-state index contributed by atoms with van der Waals surface area (Å²) >= 11 is 1.79. The quantitative estimate of drug-likeness (QED) is 0.878. The van der Waals surface area contributed by atoms with Crippen molar-refractivity contribution in [2.75, 3.05) is 13.1 Å². The first-order valence-electron chi connectivity index (χ1n) is 6.09. The molecule has 1 fully saturated rings. The molecule has 88 valence electrons. The molecular formula is C14H16N2S. The third kappa shape index (κ3) is 2.26. The average Bonchev–Trinajstić information content (AvgIpc) is 2.94. The van der Waals surface area contributed by atoms with Crippen LogP contribution in [0.2, 0.25) is 0 Å². The van der Waals surface area contributed by atoms with Gasteiger partial charge in [-0.25, -0.2) is 0 Å². The Kier molecular flexibility index (Phi) is 3.20. The topological polar surface area (TPSA) is 24.9 Å². The van der Waals surface area contributed by atoms with Gasteiger partial charge >= 0.3 is 0 Å². The van der Waals surface area contributed by atoms with Gasteiger partial charge < -0.3 is 5.32 Å². The molecule has 3 heteroatoms. The first-order valence-corrected chi connectivity index (χ1v) is 6.97. The van der Waals surface area contributed by atoms with E-state index in [9.17, 15) is 0 Å². The number of rotatable bonds is 2. The van der Waals surface area contributed by atoms with Crippen molar-refractivity contribution in [1.29, 1.82) is 0 Å². The molecule has 1 aromatic carbocycles. The monoisotopic (exact) mass is 244 g/mol. The summed E-state index contributed by atoms with van der Waals surface area (Å²) in [6.07, 6.45) is 3.25. The first-order chi connectivity index (χ1) is 8.45. The summed E-state index contributed by atoms with van der Waals surface area (Å²) in [6, 6.07) is 10.8. The standard InChI is InChI=1S/C14H16N2S/c1-2-4-11(5-3-1)13-8-15-7-6-12(13)14-9-16-10-17-14/h1-5,9-10,12-13,15H,6-8H2. The van der Waals surface area contributed by atoms with Crippen molar-refractivity contribution in [3.63, 3.8) is 0 Å². The van der Waals surface area contributed by atoms with Gasteiger partial charge in [0.15, 0.2) is 0 Å². The van der Waals surface area contributed by atoms with Gasteiger partial charge in [0.25, 0.3) is 0 Å². The van der Waals surface area contributed by atoms with Crippen molar-refractivity contribution in [2.24, 2.45) is 0 Å². The van der Waals surface area contributed by atoms with Gasteiger partial charge in [-0.05, 0) is 18.5 Å². The average molecular weight is 244 g/mol. The van der Waals surface area contributed by atoms with Crippen LogP contribution in [0.25, 0.3) is 0 Å². The van der Waals surface area contributed by atoms with E-state index in [1.807, 2.05) is 11.7 Å². The molecule has 0 aliphatic carbocycles. The van der Waals surface area contributed by atoms with Crippen molar-refractivity contribution in [2.45, 2.75) is 18.3 Å². The maximum atomic E-state index is 4.22. The van der Waals surface area contributed by atoms with E-state index in [1.54, 1.807) is 11.3 Å². The van der Waals surface area contributed by atoms with Crippen LogP contribution in [0.1, 0.15) is 28.7 Å². The number of thiazole rings is 1. The zero-order valence-corrected chi connectivity index (χ0v) is 10.5. The zero-order valence-electron chi connectivity index (χ0n) is 9.67. The normalized spacial score (nSPS) is 24.7. The van der Waals surface area contributed by atoms with Crippen molar-refractivity contribution in [3.05, 3.63) is 52.5 Å². The predicted molar refractivity (Wildman–Crippen MR) is 71.5 cm³/mol. The van der Waals surface area contributed by atoms with Gasteiger partial charge in [0.05, 0.1) is 5.51 Å². The number of piperidine rings is 1. The van der Waals surface area contributed by atoms with Crippen LogP contribution in [-0.2, 0) is 0 Å². The Morgan fingerprint density at radius 3 is 2.82 bits per heavy atom. The smallest absolute Gasteiger partial charge is 0.0794 e. The van der Waals surface area contributed by atoms with Crippen LogP contribution < -0.4 is 5.32 Å². The summed E-state index contributed by atoms with van der Waals surface area (Å²) in [4.78, 5) is 5.65. The van der Waals surface area contributed by atoms with Gasteiger partial charge in [0.1, 0.15) is 0 Å². The maximum absolute atomic E-state index is 4.22. The largest absolute Gasteiger partial charge is 0.316 e. The lowest BCUT2D eigenvalue weighted by molar-refractivity contribution is 0.408. The van der Waals surface area contributed by atoms with E-state index >= 15 is 0 Å². The van der Waals surface area contributed by atoms with Crippen molar-refractivity contribution >= 4 is 11.3 Å². The number of hydrogen-bond donors (Lipinski definition) is 1. The molecule has 2 nitrogen and oxygen atoms in total. The number of aromatic nitrogens is 1. The van der Waals surface area contributed by atoms with Crippen LogP contribution in [-0.4, -0.2) is 18.1 Å². The highest BCUT2D eigenvalue weighted by Crippen LogP contribution is 2.38. The lowest BCUT2D eigenvalue weighted by atomic mass is 9.81.